The molecule has 2 atom stereocenters. The van der Waals surface area contributed by atoms with Gasteiger partial charge in [0.05, 0.1) is 20.3 Å². The topological polar surface area (TPSA) is 73.9 Å². The van der Waals surface area contributed by atoms with Crippen LogP contribution in [0, 0.1) is 0 Å². The molecule has 1 aliphatic rings. The average Bonchev–Trinajstić information content (AvgIpc) is 2.77. The van der Waals surface area contributed by atoms with Crippen LogP contribution in [0.3, 0.4) is 0 Å². The maximum absolute atomic E-state index is 12.6. The average molecular weight is 409 g/mol. The predicted molar refractivity (Wildman–Crippen MR) is 114 cm³/mol. The fraction of sp³-hybridized carbons (Fsp3) is 0.333. The van der Waals surface area contributed by atoms with Crippen molar-refractivity contribution < 1.29 is 23.8 Å². The lowest BCUT2D eigenvalue weighted by Gasteiger charge is -2.27. The van der Waals surface area contributed by atoms with E-state index in [4.69, 9.17) is 14.2 Å². The van der Waals surface area contributed by atoms with E-state index >= 15 is 0 Å². The second kappa shape index (κ2) is 9.96. The molecule has 0 radical (unpaired) electrons. The molecule has 30 heavy (non-hydrogen) atoms. The third-order valence-corrected chi connectivity index (χ3v) is 5.13. The molecule has 1 aliphatic carbocycles. The first-order chi connectivity index (χ1) is 14.5. The van der Waals surface area contributed by atoms with Crippen molar-refractivity contribution in [1.29, 1.82) is 0 Å². The van der Waals surface area contributed by atoms with Crippen LogP contribution in [0.15, 0.2) is 48.5 Å². The highest BCUT2D eigenvalue weighted by Crippen LogP contribution is 2.29. The molecule has 6 heteroatoms. The molecule has 0 aliphatic heterocycles. The number of benzene rings is 2. The Morgan fingerprint density at radius 2 is 1.80 bits per heavy atom. The number of aryl methyl sites for hydroxylation is 1. The smallest absolute Gasteiger partial charge is 0.331 e. The van der Waals surface area contributed by atoms with Gasteiger partial charge in [0.15, 0.2) is 6.10 Å². The molecular weight excluding hydrogens is 382 g/mol. The number of hydrogen-bond acceptors (Lipinski definition) is 5. The minimum atomic E-state index is -0.893. The zero-order chi connectivity index (χ0) is 21.5. The van der Waals surface area contributed by atoms with Crippen LogP contribution in [0.25, 0.3) is 6.08 Å². The van der Waals surface area contributed by atoms with E-state index in [1.165, 1.54) is 11.6 Å². The summed E-state index contributed by atoms with van der Waals surface area (Å²) in [6, 6.07) is 13.3. The first kappa shape index (κ1) is 21.4. The minimum Gasteiger partial charge on any atom is -0.497 e. The highest BCUT2D eigenvalue weighted by atomic mass is 16.5. The normalized spacial score (nSPS) is 16.4. The van der Waals surface area contributed by atoms with E-state index in [1.54, 1.807) is 45.4 Å². The second-order valence-electron chi connectivity index (χ2n) is 7.21. The highest BCUT2D eigenvalue weighted by molar-refractivity contribution is 5.90. The van der Waals surface area contributed by atoms with Crippen LogP contribution in [0.2, 0.25) is 0 Å². The quantitative estimate of drug-likeness (QED) is 0.556. The van der Waals surface area contributed by atoms with Gasteiger partial charge in [0, 0.05) is 12.1 Å². The van der Waals surface area contributed by atoms with Crippen molar-refractivity contribution in [3.05, 3.63) is 65.2 Å². The number of carbonyl (C=O) groups is 2. The van der Waals surface area contributed by atoms with Crippen LogP contribution in [0.1, 0.15) is 42.5 Å². The van der Waals surface area contributed by atoms with Gasteiger partial charge in [-0.05, 0) is 61.1 Å². The summed E-state index contributed by atoms with van der Waals surface area (Å²) in [4.78, 5) is 24.7. The van der Waals surface area contributed by atoms with Gasteiger partial charge in [-0.1, -0.05) is 24.3 Å². The summed E-state index contributed by atoms with van der Waals surface area (Å²) in [6.45, 7) is 1.57. The van der Waals surface area contributed by atoms with Gasteiger partial charge >= 0.3 is 5.97 Å². The van der Waals surface area contributed by atoms with Gasteiger partial charge in [-0.3, -0.25) is 4.79 Å². The first-order valence-electron chi connectivity index (χ1n) is 10.00. The van der Waals surface area contributed by atoms with Crippen molar-refractivity contribution in [2.45, 2.75) is 38.3 Å². The maximum atomic E-state index is 12.6. The first-order valence-corrected chi connectivity index (χ1v) is 10.00. The minimum absolute atomic E-state index is 0.0524. The molecule has 0 saturated heterocycles. The van der Waals surface area contributed by atoms with E-state index in [1.807, 2.05) is 18.2 Å². The molecular formula is C24H27NO5. The van der Waals surface area contributed by atoms with Gasteiger partial charge in [-0.25, -0.2) is 4.79 Å². The number of methoxy groups -OCH3 is 2. The fourth-order valence-corrected chi connectivity index (χ4v) is 3.55. The largest absolute Gasteiger partial charge is 0.497 e. The Hall–Kier alpha value is -3.28. The summed E-state index contributed by atoms with van der Waals surface area (Å²) < 4.78 is 15.7. The lowest BCUT2D eigenvalue weighted by atomic mass is 9.87. The standard InChI is InChI=1S/C24H27NO5/c1-16(24(27)25-22-10-6-8-18-7-4-5-9-21(18)22)30-23(26)12-11-17-13-19(28-2)15-20(14-17)29-3/h4-5,7,9,11-16,22H,6,8,10H2,1-3H3,(H,25,27)/b12-11+/t16-,22+/m0/s1. The van der Waals surface area contributed by atoms with Gasteiger partial charge < -0.3 is 19.5 Å². The van der Waals surface area contributed by atoms with E-state index in [2.05, 4.69) is 11.4 Å². The molecule has 6 nitrogen and oxygen atoms in total. The number of esters is 1. The molecule has 0 aromatic heterocycles. The Bertz CT molecular complexity index is 915. The van der Waals surface area contributed by atoms with Gasteiger partial charge in [0.1, 0.15) is 11.5 Å². The lowest BCUT2D eigenvalue weighted by Crippen LogP contribution is -2.39. The maximum Gasteiger partial charge on any atom is 0.331 e. The molecule has 158 valence electrons. The lowest BCUT2D eigenvalue weighted by molar-refractivity contribution is -0.150. The zero-order valence-corrected chi connectivity index (χ0v) is 17.5. The van der Waals surface area contributed by atoms with Gasteiger partial charge in [-0.15, -0.1) is 0 Å². The van der Waals surface area contributed by atoms with Crippen molar-refractivity contribution in [3.8, 4) is 11.5 Å². The number of carbonyl (C=O) groups excluding carboxylic acids is 2. The summed E-state index contributed by atoms with van der Waals surface area (Å²) in [5, 5.41) is 3.01. The molecule has 0 unspecified atom stereocenters. The monoisotopic (exact) mass is 409 g/mol. The Balaban J connectivity index is 1.58. The second-order valence-corrected chi connectivity index (χ2v) is 7.21. The number of amides is 1. The Kier molecular flexibility index (Phi) is 7.12. The van der Waals surface area contributed by atoms with Crippen molar-refractivity contribution in [3.63, 3.8) is 0 Å². The number of fused-ring (bicyclic) bond motifs is 1. The van der Waals surface area contributed by atoms with Crippen LogP contribution in [-0.2, 0) is 20.7 Å². The van der Waals surface area contributed by atoms with Crippen molar-refractivity contribution >= 4 is 18.0 Å². The SMILES string of the molecule is COc1cc(/C=C/C(=O)O[C@@H](C)C(=O)N[C@@H]2CCCc3ccccc32)cc(OC)c1. The zero-order valence-electron chi connectivity index (χ0n) is 17.5. The van der Waals surface area contributed by atoms with E-state index in [0.717, 1.165) is 30.4 Å². The van der Waals surface area contributed by atoms with Crippen LogP contribution < -0.4 is 14.8 Å². The van der Waals surface area contributed by atoms with Crippen molar-refractivity contribution in [2.75, 3.05) is 14.2 Å². The molecule has 0 fully saturated rings. The fourth-order valence-electron chi connectivity index (χ4n) is 3.55. The Morgan fingerprint density at radius 3 is 2.50 bits per heavy atom. The molecule has 2 aromatic rings. The van der Waals surface area contributed by atoms with Crippen LogP contribution in [-0.4, -0.2) is 32.2 Å². The number of hydrogen-bond donors (Lipinski definition) is 1. The van der Waals surface area contributed by atoms with Crippen molar-refractivity contribution in [1.82, 2.24) is 5.32 Å². The summed E-state index contributed by atoms with van der Waals surface area (Å²) >= 11 is 0. The summed E-state index contributed by atoms with van der Waals surface area (Å²) in [5.41, 5.74) is 3.12. The number of rotatable bonds is 7. The van der Waals surface area contributed by atoms with E-state index in [0.29, 0.717) is 11.5 Å². The van der Waals surface area contributed by atoms with E-state index in [9.17, 15) is 9.59 Å². The number of ether oxygens (including phenoxy) is 3. The molecule has 0 heterocycles. The molecule has 0 spiro atoms. The van der Waals surface area contributed by atoms with E-state index in [-0.39, 0.29) is 11.9 Å². The Labute approximate surface area is 176 Å². The molecule has 1 amide bonds. The van der Waals surface area contributed by atoms with E-state index < -0.39 is 12.1 Å². The number of nitrogens with one attached hydrogen (secondary N) is 1. The molecule has 2 aromatic carbocycles. The summed E-state index contributed by atoms with van der Waals surface area (Å²) in [7, 11) is 3.11. The molecule has 3 rings (SSSR count). The van der Waals surface area contributed by atoms with Crippen LogP contribution >= 0.6 is 0 Å². The molecule has 1 N–H and O–H groups in total. The van der Waals surface area contributed by atoms with Gasteiger partial charge in [0.25, 0.3) is 5.91 Å². The summed E-state index contributed by atoms with van der Waals surface area (Å²) in [5.74, 6) is 0.329. The highest BCUT2D eigenvalue weighted by Gasteiger charge is 2.24. The van der Waals surface area contributed by atoms with Crippen LogP contribution in [0.4, 0.5) is 0 Å². The Morgan fingerprint density at radius 1 is 1.10 bits per heavy atom. The van der Waals surface area contributed by atoms with Crippen LogP contribution in [0.5, 0.6) is 11.5 Å². The van der Waals surface area contributed by atoms with Gasteiger partial charge in [-0.2, -0.15) is 0 Å². The third kappa shape index (κ3) is 5.41. The third-order valence-electron chi connectivity index (χ3n) is 5.13. The van der Waals surface area contributed by atoms with Gasteiger partial charge in [0.2, 0.25) is 0 Å². The predicted octanol–water partition coefficient (Wildman–Crippen LogP) is 3.84. The molecule has 0 saturated carbocycles. The van der Waals surface area contributed by atoms with Crippen molar-refractivity contribution in [2.24, 2.45) is 0 Å². The molecule has 0 bridgehead atoms. The summed E-state index contributed by atoms with van der Waals surface area (Å²) in [6.07, 6.45) is 4.90.